The van der Waals surface area contributed by atoms with Gasteiger partial charge in [0.25, 0.3) is 0 Å². The molecule has 1 aliphatic heterocycles. The maximum atomic E-state index is 6.07. The van der Waals surface area contributed by atoms with Crippen molar-refractivity contribution >= 4 is 0 Å². The lowest BCUT2D eigenvalue weighted by atomic mass is 10.1. The van der Waals surface area contributed by atoms with Crippen molar-refractivity contribution in [3.8, 4) is 5.75 Å². The van der Waals surface area contributed by atoms with Gasteiger partial charge in [-0.15, -0.1) is 0 Å². The summed E-state index contributed by atoms with van der Waals surface area (Å²) in [4.78, 5) is 2.53. The Kier molecular flexibility index (Phi) is 5.15. The molecule has 0 radical (unpaired) electrons. The lowest BCUT2D eigenvalue weighted by Gasteiger charge is -2.26. The predicted molar refractivity (Wildman–Crippen MR) is 86.8 cm³/mol. The van der Waals surface area contributed by atoms with Crippen molar-refractivity contribution in [1.82, 2.24) is 10.2 Å². The van der Waals surface area contributed by atoms with Crippen LogP contribution in [-0.2, 0) is 6.54 Å². The van der Waals surface area contributed by atoms with Gasteiger partial charge in [-0.1, -0.05) is 24.1 Å². The van der Waals surface area contributed by atoms with Gasteiger partial charge in [0, 0.05) is 24.7 Å². The van der Waals surface area contributed by atoms with Crippen LogP contribution in [0.15, 0.2) is 18.2 Å². The molecule has 21 heavy (non-hydrogen) atoms. The Hall–Kier alpha value is -1.06. The van der Waals surface area contributed by atoms with E-state index in [1.807, 2.05) is 0 Å². The molecule has 0 amide bonds. The van der Waals surface area contributed by atoms with E-state index in [0.717, 1.165) is 31.5 Å². The van der Waals surface area contributed by atoms with E-state index in [-0.39, 0.29) is 0 Å². The van der Waals surface area contributed by atoms with E-state index in [1.54, 1.807) is 0 Å². The molecule has 116 valence electrons. The number of nitrogens with one attached hydrogen (secondary N) is 1. The highest BCUT2D eigenvalue weighted by Crippen LogP contribution is 2.23. The van der Waals surface area contributed by atoms with Gasteiger partial charge in [0.1, 0.15) is 12.4 Å². The molecule has 1 aliphatic carbocycles. The van der Waals surface area contributed by atoms with E-state index >= 15 is 0 Å². The number of likely N-dealkylation sites (tertiary alicyclic amines) is 1. The molecule has 1 heterocycles. The number of hydrogen-bond acceptors (Lipinski definition) is 3. The molecule has 3 rings (SSSR count). The van der Waals surface area contributed by atoms with Crippen LogP contribution in [0, 0.1) is 6.92 Å². The standard InChI is InChI=1S/C18H28N2O/c1-15-5-8-18(16(13-15)14-19-17-6-7-17)21-12-11-20-9-3-2-4-10-20/h5,8,13,17,19H,2-4,6-7,9-12,14H2,1H3. The zero-order chi connectivity index (χ0) is 14.5. The van der Waals surface area contributed by atoms with Gasteiger partial charge < -0.3 is 10.1 Å². The second-order valence-electron chi connectivity index (χ2n) is 6.52. The fourth-order valence-electron chi connectivity index (χ4n) is 3.00. The summed E-state index contributed by atoms with van der Waals surface area (Å²) in [5.41, 5.74) is 2.62. The summed E-state index contributed by atoms with van der Waals surface area (Å²) in [7, 11) is 0. The molecular formula is C18H28N2O. The molecule has 1 aromatic carbocycles. The van der Waals surface area contributed by atoms with Crippen molar-refractivity contribution < 1.29 is 4.74 Å². The Labute approximate surface area is 128 Å². The normalized spacial score (nSPS) is 19.7. The van der Waals surface area contributed by atoms with Crippen LogP contribution in [0.3, 0.4) is 0 Å². The van der Waals surface area contributed by atoms with Crippen LogP contribution in [0.1, 0.15) is 43.2 Å². The average Bonchev–Trinajstić information content (AvgIpc) is 3.32. The van der Waals surface area contributed by atoms with E-state index in [4.69, 9.17) is 4.74 Å². The molecule has 3 nitrogen and oxygen atoms in total. The Morgan fingerprint density at radius 3 is 2.76 bits per heavy atom. The van der Waals surface area contributed by atoms with Gasteiger partial charge in [-0.2, -0.15) is 0 Å². The van der Waals surface area contributed by atoms with Crippen LogP contribution in [0.25, 0.3) is 0 Å². The lowest BCUT2D eigenvalue weighted by molar-refractivity contribution is 0.182. The summed E-state index contributed by atoms with van der Waals surface area (Å²) in [6.45, 7) is 7.44. The summed E-state index contributed by atoms with van der Waals surface area (Å²) >= 11 is 0. The van der Waals surface area contributed by atoms with Crippen molar-refractivity contribution in [1.29, 1.82) is 0 Å². The third kappa shape index (κ3) is 4.72. The molecule has 0 atom stereocenters. The van der Waals surface area contributed by atoms with Gasteiger partial charge in [-0.05, 0) is 51.8 Å². The fraction of sp³-hybridized carbons (Fsp3) is 0.667. The molecule has 2 fully saturated rings. The maximum absolute atomic E-state index is 6.07. The molecule has 1 aromatic rings. The van der Waals surface area contributed by atoms with Crippen LogP contribution < -0.4 is 10.1 Å². The van der Waals surface area contributed by atoms with E-state index in [0.29, 0.717) is 0 Å². The fourth-order valence-corrected chi connectivity index (χ4v) is 3.00. The summed E-state index contributed by atoms with van der Waals surface area (Å²) in [6.07, 6.45) is 6.75. The minimum atomic E-state index is 0.742. The molecule has 0 unspecified atom stereocenters. The highest BCUT2D eigenvalue weighted by molar-refractivity contribution is 5.37. The molecule has 1 N–H and O–H groups in total. The SMILES string of the molecule is Cc1ccc(OCCN2CCCCC2)c(CNC2CC2)c1. The topological polar surface area (TPSA) is 24.5 Å². The van der Waals surface area contributed by atoms with Gasteiger partial charge in [-0.3, -0.25) is 4.90 Å². The lowest BCUT2D eigenvalue weighted by Crippen LogP contribution is -2.33. The van der Waals surface area contributed by atoms with E-state index in [2.05, 4.69) is 35.3 Å². The van der Waals surface area contributed by atoms with Crippen LogP contribution in [0.5, 0.6) is 5.75 Å². The Bertz CT molecular complexity index is 451. The highest BCUT2D eigenvalue weighted by atomic mass is 16.5. The van der Waals surface area contributed by atoms with Gasteiger partial charge in [0.05, 0.1) is 0 Å². The van der Waals surface area contributed by atoms with E-state index < -0.39 is 0 Å². The average molecular weight is 288 g/mol. The summed E-state index contributed by atoms with van der Waals surface area (Å²) in [5.74, 6) is 1.06. The zero-order valence-corrected chi connectivity index (χ0v) is 13.2. The summed E-state index contributed by atoms with van der Waals surface area (Å²) < 4.78 is 6.07. The first kappa shape index (κ1) is 14.9. The van der Waals surface area contributed by atoms with E-state index in [9.17, 15) is 0 Å². The quantitative estimate of drug-likeness (QED) is 0.834. The Balaban J connectivity index is 1.50. The number of nitrogens with zero attached hydrogens (tertiary/aromatic N) is 1. The van der Waals surface area contributed by atoms with Crippen molar-refractivity contribution in [2.75, 3.05) is 26.2 Å². The number of piperidine rings is 1. The van der Waals surface area contributed by atoms with E-state index in [1.165, 1.54) is 56.3 Å². The summed E-state index contributed by atoms with van der Waals surface area (Å²) in [6, 6.07) is 7.28. The molecule has 1 saturated heterocycles. The smallest absolute Gasteiger partial charge is 0.123 e. The molecule has 3 heteroatoms. The second kappa shape index (κ2) is 7.28. The first-order valence-electron chi connectivity index (χ1n) is 8.49. The summed E-state index contributed by atoms with van der Waals surface area (Å²) in [5, 5.41) is 3.59. The zero-order valence-electron chi connectivity index (χ0n) is 13.2. The van der Waals surface area contributed by atoms with Crippen LogP contribution in [-0.4, -0.2) is 37.2 Å². The predicted octanol–water partition coefficient (Wildman–Crippen LogP) is 3.11. The molecule has 2 aliphatic rings. The van der Waals surface area contributed by atoms with Crippen molar-refractivity contribution in [3.05, 3.63) is 29.3 Å². The molecule has 1 saturated carbocycles. The van der Waals surface area contributed by atoms with Crippen LogP contribution in [0.2, 0.25) is 0 Å². The first-order chi connectivity index (χ1) is 10.3. The molecule has 0 spiro atoms. The molecular weight excluding hydrogens is 260 g/mol. The first-order valence-corrected chi connectivity index (χ1v) is 8.49. The van der Waals surface area contributed by atoms with Crippen molar-refractivity contribution in [2.45, 2.75) is 51.6 Å². The number of rotatable bonds is 7. The monoisotopic (exact) mass is 288 g/mol. The maximum Gasteiger partial charge on any atom is 0.123 e. The van der Waals surface area contributed by atoms with Crippen LogP contribution in [0.4, 0.5) is 0 Å². The Morgan fingerprint density at radius 1 is 1.19 bits per heavy atom. The largest absolute Gasteiger partial charge is 0.492 e. The van der Waals surface area contributed by atoms with Gasteiger partial charge in [0.15, 0.2) is 0 Å². The molecule has 0 bridgehead atoms. The minimum absolute atomic E-state index is 0.742. The van der Waals surface area contributed by atoms with Gasteiger partial charge in [-0.25, -0.2) is 0 Å². The third-order valence-corrected chi connectivity index (χ3v) is 4.49. The van der Waals surface area contributed by atoms with Crippen molar-refractivity contribution in [2.24, 2.45) is 0 Å². The van der Waals surface area contributed by atoms with Gasteiger partial charge in [0.2, 0.25) is 0 Å². The Morgan fingerprint density at radius 2 is 2.00 bits per heavy atom. The third-order valence-electron chi connectivity index (χ3n) is 4.49. The van der Waals surface area contributed by atoms with Crippen LogP contribution >= 0.6 is 0 Å². The van der Waals surface area contributed by atoms with Crippen molar-refractivity contribution in [3.63, 3.8) is 0 Å². The number of ether oxygens (including phenoxy) is 1. The number of aryl methyl sites for hydroxylation is 1. The minimum Gasteiger partial charge on any atom is -0.492 e. The number of benzene rings is 1. The highest BCUT2D eigenvalue weighted by Gasteiger charge is 2.20. The number of hydrogen-bond donors (Lipinski definition) is 1. The second-order valence-corrected chi connectivity index (χ2v) is 6.52. The molecule has 0 aromatic heterocycles. The van der Waals surface area contributed by atoms with Gasteiger partial charge >= 0.3 is 0 Å².